The Balaban J connectivity index is 1.55. The molecule has 1 saturated heterocycles. The number of pyridine rings is 1. The number of hydrogen-bond acceptors (Lipinski definition) is 9. The Morgan fingerprint density at radius 2 is 2.42 bits per heavy atom. The number of rotatable bonds is 6. The molecule has 0 radical (unpaired) electrons. The fourth-order valence-corrected chi connectivity index (χ4v) is 2.96. The van der Waals surface area contributed by atoms with Crippen LogP contribution in [0, 0.1) is 10.1 Å². The van der Waals surface area contributed by atoms with Crippen molar-refractivity contribution >= 4 is 28.2 Å². The second kappa shape index (κ2) is 7.27. The molecule has 11 heteroatoms. The Morgan fingerprint density at radius 1 is 1.54 bits per heavy atom. The third-order valence-corrected chi connectivity index (χ3v) is 4.11. The highest BCUT2D eigenvalue weighted by atomic mass is 32.1. The summed E-state index contributed by atoms with van der Waals surface area (Å²) in [6.07, 6.45) is 3.07. The predicted molar refractivity (Wildman–Crippen MR) is 82.9 cm³/mol. The number of amides is 1. The molecule has 3 heterocycles. The Labute approximate surface area is 140 Å². The van der Waals surface area contributed by atoms with Gasteiger partial charge in [0.05, 0.1) is 0 Å². The lowest BCUT2D eigenvalue weighted by Gasteiger charge is -2.05. The summed E-state index contributed by atoms with van der Waals surface area (Å²) in [6, 6.07) is 2.86. The van der Waals surface area contributed by atoms with Crippen molar-refractivity contribution in [3.8, 4) is 5.75 Å². The van der Waals surface area contributed by atoms with E-state index in [9.17, 15) is 14.9 Å². The molecule has 0 bridgehead atoms. The van der Waals surface area contributed by atoms with Gasteiger partial charge in [-0.15, -0.1) is 10.2 Å². The van der Waals surface area contributed by atoms with Gasteiger partial charge < -0.3 is 19.6 Å². The number of nitrogens with zero attached hydrogens (tertiary/aromatic N) is 4. The van der Waals surface area contributed by atoms with Crippen molar-refractivity contribution in [3.05, 3.63) is 33.5 Å². The smallest absolute Gasteiger partial charge is 0.406 e. The third-order valence-electron chi connectivity index (χ3n) is 3.17. The molecule has 0 saturated carbocycles. The van der Waals surface area contributed by atoms with Crippen LogP contribution in [0.1, 0.15) is 24.0 Å². The molecule has 24 heavy (non-hydrogen) atoms. The fourth-order valence-electron chi connectivity index (χ4n) is 2.12. The van der Waals surface area contributed by atoms with E-state index in [0.29, 0.717) is 16.7 Å². The van der Waals surface area contributed by atoms with Gasteiger partial charge in [0.2, 0.25) is 10.9 Å². The predicted octanol–water partition coefficient (Wildman–Crippen LogP) is 1.71. The number of anilines is 1. The lowest BCUT2D eigenvalue weighted by atomic mass is 10.2. The molecule has 3 rings (SSSR count). The molecule has 0 aliphatic carbocycles. The van der Waals surface area contributed by atoms with E-state index in [1.54, 1.807) is 0 Å². The minimum Gasteiger partial charge on any atom is -0.476 e. The summed E-state index contributed by atoms with van der Waals surface area (Å²) < 4.78 is 10.7. The van der Waals surface area contributed by atoms with Crippen LogP contribution in [-0.2, 0) is 9.53 Å². The van der Waals surface area contributed by atoms with Gasteiger partial charge in [0.1, 0.15) is 17.3 Å². The van der Waals surface area contributed by atoms with Crippen molar-refractivity contribution in [2.45, 2.75) is 18.9 Å². The van der Waals surface area contributed by atoms with Crippen molar-refractivity contribution in [2.75, 3.05) is 18.5 Å². The average molecular weight is 351 g/mol. The van der Waals surface area contributed by atoms with Crippen molar-refractivity contribution in [2.24, 2.45) is 0 Å². The first-order valence-electron chi connectivity index (χ1n) is 7.10. The molecule has 10 nitrogen and oxygen atoms in total. The fraction of sp³-hybridized carbons (Fsp3) is 0.385. The zero-order valence-electron chi connectivity index (χ0n) is 12.4. The van der Waals surface area contributed by atoms with Gasteiger partial charge >= 0.3 is 5.82 Å². The van der Waals surface area contributed by atoms with Gasteiger partial charge in [0.15, 0.2) is 6.61 Å². The van der Waals surface area contributed by atoms with Crippen molar-refractivity contribution in [3.63, 3.8) is 0 Å². The van der Waals surface area contributed by atoms with Crippen LogP contribution in [0.25, 0.3) is 0 Å². The van der Waals surface area contributed by atoms with Crippen LogP contribution in [-0.4, -0.2) is 39.2 Å². The van der Waals surface area contributed by atoms with E-state index in [1.807, 2.05) is 0 Å². The van der Waals surface area contributed by atoms with Gasteiger partial charge in [-0.05, 0) is 34.9 Å². The minimum atomic E-state index is -0.675. The topological polar surface area (TPSA) is 129 Å². The molecule has 1 aliphatic heterocycles. The Hall–Kier alpha value is -2.66. The van der Waals surface area contributed by atoms with Crippen LogP contribution in [0.4, 0.5) is 10.9 Å². The minimum absolute atomic E-state index is 0.0672. The van der Waals surface area contributed by atoms with Crippen LogP contribution in [0.5, 0.6) is 5.75 Å². The molecule has 1 fully saturated rings. The highest BCUT2D eigenvalue weighted by Crippen LogP contribution is 2.31. The number of hydrogen-bond donors (Lipinski definition) is 1. The maximum absolute atomic E-state index is 11.9. The Bertz CT molecular complexity index is 746. The van der Waals surface area contributed by atoms with E-state index < -0.39 is 23.3 Å². The largest absolute Gasteiger partial charge is 0.476 e. The van der Waals surface area contributed by atoms with Gasteiger partial charge in [-0.3, -0.25) is 10.1 Å². The van der Waals surface area contributed by atoms with Crippen molar-refractivity contribution < 1.29 is 19.2 Å². The number of carbonyl (C=O) groups is 1. The first kappa shape index (κ1) is 16.2. The normalized spacial score (nSPS) is 16.8. The highest BCUT2D eigenvalue weighted by Gasteiger charge is 2.22. The zero-order chi connectivity index (χ0) is 16.9. The van der Waals surface area contributed by atoms with Crippen LogP contribution in [0.2, 0.25) is 0 Å². The third kappa shape index (κ3) is 3.81. The highest BCUT2D eigenvalue weighted by molar-refractivity contribution is 7.15. The van der Waals surface area contributed by atoms with Crippen LogP contribution in [0.3, 0.4) is 0 Å². The summed E-state index contributed by atoms with van der Waals surface area (Å²) in [5, 5.41) is 22.3. The summed E-state index contributed by atoms with van der Waals surface area (Å²) in [4.78, 5) is 25.6. The van der Waals surface area contributed by atoms with Gasteiger partial charge in [-0.25, -0.2) is 0 Å². The molecule has 2 aromatic rings. The number of nitrogens with one attached hydrogen (secondary N) is 1. The first-order chi connectivity index (χ1) is 11.6. The second-order valence-corrected chi connectivity index (χ2v) is 5.88. The molecule has 1 amide bonds. The Morgan fingerprint density at radius 3 is 3.17 bits per heavy atom. The molecule has 1 atom stereocenters. The quantitative estimate of drug-likeness (QED) is 0.615. The number of ether oxygens (including phenoxy) is 2. The summed E-state index contributed by atoms with van der Waals surface area (Å²) >= 11 is 1.23. The number of aromatic nitrogens is 3. The standard InChI is InChI=1S/C13H13N5O5S/c19-10(7-23-8-3-1-5-14-11(8)18(20)21)15-13-17-16-12(24-13)9-4-2-6-22-9/h1,3,5,9H,2,4,6-7H2,(H,15,17,19). The summed E-state index contributed by atoms with van der Waals surface area (Å²) in [5.74, 6) is -1.01. The van der Waals surface area contributed by atoms with Gasteiger partial charge in [-0.1, -0.05) is 11.3 Å². The average Bonchev–Trinajstić information content (AvgIpc) is 3.24. The SMILES string of the molecule is O=C(COc1cccnc1[N+](=O)[O-])Nc1nnc(C2CCCO2)s1. The zero-order valence-corrected chi connectivity index (χ0v) is 13.2. The van der Waals surface area contributed by atoms with Crippen molar-refractivity contribution in [1.29, 1.82) is 0 Å². The molecular formula is C13H13N5O5S. The molecule has 0 spiro atoms. The molecule has 1 aliphatic rings. The molecule has 126 valence electrons. The molecule has 1 unspecified atom stereocenters. The second-order valence-electron chi connectivity index (χ2n) is 4.87. The molecule has 0 aromatic carbocycles. The molecule has 1 N–H and O–H groups in total. The van der Waals surface area contributed by atoms with Crippen molar-refractivity contribution in [1.82, 2.24) is 15.2 Å². The molecule has 2 aromatic heterocycles. The van der Waals surface area contributed by atoms with E-state index in [2.05, 4.69) is 20.5 Å². The Kier molecular flexibility index (Phi) is 4.91. The monoisotopic (exact) mass is 351 g/mol. The van der Waals surface area contributed by atoms with E-state index in [4.69, 9.17) is 9.47 Å². The summed E-state index contributed by atoms with van der Waals surface area (Å²) in [6.45, 7) is 0.297. The van der Waals surface area contributed by atoms with E-state index in [0.717, 1.165) is 12.8 Å². The first-order valence-corrected chi connectivity index (χ1v) is 7.92. The van der Waals surface area contributed by atoms with E-state index in [1.165, 1.54) is 29.7 Å². The van der Waals surface area contributed by atoms with Crippen LogP contribution in [0.15, 0.2) is 18.3 Å². The van der Waals surface area contributed by atoms with Gasteiger partial charge in [0.25, 0.3) is 5.91 Å². The lowest BCUT2D eigenvalue weighted by Crippen LogP contribution is -2.20. The molecular weight excluding hydrogens is 338 g/mol. The van der Waals surface area contributed by atoms with Crippen LogP contribution < -0.4 is 10.1 Å². The maximum Gasteiger partial charge on any atom is 0.406 e. The number of nitro groups is 1. The maximum atomic E-state index is 11.9. The van der Waals surface area contributed by atoms with E-state index in [-0.39, 0.29) is 11.9 Å². The van der Waals surface area contributed by atoms with Crippen LogP contribution >= 0.6 is 11.3 Å². The number of carbonyl (C=O) groups excluding carboxylic acids is 1. The van der Waals surface area contributed by atoms with E-state index >= 15 is 0 Å². The lowest BCUT2D eigenvalue weighted by molar-refractivity contribution is -0.390. The van der Waals surface area contributed by atoms with Gasteiger partial charge in [-0.2, -0.15) is 0 Å². The van der Waals surface area contributed by atoms with Gasteiger partial charge in [0, 0.05) is 6.61 Å². The summed E-state index contributed by atoms with van der Waals surface area (Å²) in [5.41, 5.74) is 0. The summed E-state index contributed by atoms with van der Waals surface area (Å²) in [7, 11) is 0.